The van der Waals surface area contributed by atoms with Crippen molar-refractivity contribution in [3.8, 4) is 0 Å². The van der Waals surface area contributed by atoms with Crippen LogP contribution < -0.4 is 0 Å². The van der Waals surface area contributed by atoms with Gasteiger partial charge in [0.25, 0.3) is 0 Å². The maximum absolute atomic E-state index is 10.5. The second kappa shape index (κ2) is 5.07. The minimum absolute atomic E-state index is 0.681. The summed E-state index contributed by atoms with van der Waals surface area (Å²) >= 11 is 1.30. The van der Waals surface area contributed by atoms with Gasteiger partial charge in [-0.05, 0) is 6.92 Å². The zero-order valence-electron chi connectivity index (χ0n) is 6.38. The Morgan fingerprint density at radius 2 is 1.58 bits per heavy atom. The SMILES string of the molecule is C[C@@H](O)[C@H](O)[C@H](O)[C@@H](O)C(=O)I. The summed E-state index contributed by atoms with van der Waals surface area (Å²) in [5, 5.41) is 35.8. The van der Waals surface area contributed by atoms with E-state index in [1.807, 2.05) is 0 Å². The molecule has 6 heteroatoms. The highest BCUT2D eigenvalue weighted by Crippen LogP contribution is 2.08. The molecule has 0 aromatic rings. The fourth-order valence-electron chi connectivity index (χ4n) is 0.606. The van der Waals surface area contributed by atoms with Crippen molar-refractivity contribution < 1.29 is 25.2 Å². The van der Waals surface area contributed by atoms with Crippen LogP contribution >= 0.6 is 22.6 Å². The molecule has 0 aliphatic rings. The first-order valence-electron chi connectivity index (χ1n) is 3.29. The first kappa shape index (κ1) is 12.2. The second-order valence-corrected chi connectivity index (χ2v) is 3.53. The highest BCUT2D eigenvalue weighted by atomic mass is 127. The third kappa shape index (κ3) is 3.31. The molecule has 4 atom stereocenters. The van der Waals surface area contributed by atoms with Crippen molar-refractivity contribution in [3.05, 3.63) is 0 Å². The smallest absolute Gasteiger partial charge is 0.223 e. The van der Waals surface area contributed by atoms with Crippen LogP contribution in [0.25, 0.3) is 0 Å². The van der Waals surface area contributed by atoms with Crippen LogP contribution in [0.5, 0.6) is 0 Å². The van der Waals surface area contributed by atoms with Crippen molar-refractivity contribution in [2.75, 3.05) is 0 Å². The molecule has 0 unspecified atom stereocenters. The molecule has 0 aliphatic carbocycles. The Balaban J connectivity index is 4.18. The molecule has 12 heavy (non-hydrogen) atoms. The standard InChI is InChI=1S/C6H11IO5/c1-2(8)3(9)4(10)5(11)6(7)12/h2-5,8-11H,1H3/t2-,3+,4+,5-/m1/s1. The van der Waals surface area contributed by atoms with Crippen LogP contribution in [0.4, 0.5) is 0 Å². The van der Waals surface area contributed by atoms with Crippen LogP contribution in [0, 0.1) is 0 Å². The molecule has 4 N–H and O–H groups in total. The Labute approximate surface area is 83.2 Å². The van der Waals surface area contributed by atoms with Crippen molar-refractivity contribution >= 4 is 26.4 Å². The zero-order valence-corrected chi connectivity index (χ0v) is 8.54. The fourth-order valence-corrected chi connectivity index (χ4v) is 0.975. The topological polar surface area (TPSA) is 98.0 Å². The van der Waals surface area contributed by atoms with E-state index in [2.05, 4.69) is 0 Å². The van der Waals surface area contributed by atoms with E-state index in [0.717, 1.165) is 0 Å². The number of carbonyl (C=O) groups is 1. The van der Waals surface area contributed by atoms with Crippen molar-refractivity contribution in [2.24, 2.45) is 0 Å². The molecule has 0 saturated carbocycles. The number of rotatable bonds is 4. The van der Waals surface area contributed by atoms with E-state index in [1.54, 1.807) is 0 Å². The molecular weight excluding hydrogens is 279 g/mol. The van der Waals surface area contributed by atoms with E-state index in [4.69, 9.17) is 20.4 Å². The Morgan fingerprint density at radius 3 is 1.83 bits per heavy atom. The zero-order chi connectivity index (χ0) is 9.89. The maximum Gasteiger partial charge on any atom is 0.223 e. The lowest BCUT2D eigenvalue weighted by Gasteiger charge is -2.22. The number of aliphatic hydroxyl groups is 4. The number of aliphatic hydroxyl groups excluding tert-OH is 4. The molecule has 0 radical (unpaired) electrons. The van der Waals surface area contributed by atoms with Gasteiger partial charge in [0, 0.05) is 22.6 Å². The molecule has 72 valence electrons. The molecule has 0 amide bonds. The quantitative estimate of drug-likeness (QED) is 0.370. The van der Waals surface area contributed by atoms with Gasteiger partial charge in [0.2, 0.25) is 3.79 Å². The van der Waals surface area contributed by atoms with E-state index < -0.39 is 28.2 Å². The monoisotopic (exact) mass is 290 g/mol. The van der Waals surface area contributed by atoms with Gasteiger partial charge < -0.3 is 20.4 Å². The number of hydrogen-bond donors (Lipinski definition) is 4. The molecule has 0 fully saturated rings. The Morgan fingerprint density at radius 1 is 1.17 bits per heavy atom. The van der Waals surface area contributed by atoms with Gasteiger partial charge in [0.05, 0.1) is 6.10 Å². The van der Waals surface area contributed by atoms with E-state index in [1.165, 1.54) is 29.5 Å². The summed E-state index contributed by atoms with van der Waals surface area (Å²) < 4.78 is -0.681. The van der Waals surface area contributed by atoms with Crippen LogP contribution in [0.3, 0.4) is 0 Å². The van der Waals surface area contributed by atoms with Gasteiger partial charge in [-0.3, -0.25) is 4.79 Å². The highest BCUT2D eigenvalue weighted by molar-refractivity contribution is 14.1. The summed E-state index contributed by atoms with van der Waals surface area (Å²) in [6.07, 6.45) is -6.01. The van der Waals surface area contributed by atoms with Crippen LogP contribution in [0.2, 0.25) is 0 Å². The molecule has 0 aromatic carbocycles. The average Bonchev–Trinajstić information content (AvgIpc) is 2.00. The van der Waals surface area contributed by atoms with E-state index in [0.29, 0.717) is 0 Å². The molecule has 0 aliphatic heterocycles. The summed E-state index contributed by atoms with van der Waals surface area (Å²) in [6.45, 7) is 1.25. The van der Waals surface area contributed by atoms with Crippen LogP contribution in [-0.4, -0.2) is 48.6 Å². The predicted octanol–water partition coefficient (Wildman–Crippen LogP) is -1.59. The van der Waals surface area contributed by atoms with E-state index >= 15 is 0 Å². The van der Waals surface area contributed by atoms with Gasteiger partial charge in [0.1, 0.15) is 12.2 Å². The average molecular weight is 290 g/mol. The highest BCUT2D eigenvalue weighted by Gasteiger charge is 2.31. The van der Waals surface area contributed by atoms with Crippen molar-refractivity contribution in [1.29, 1.82) is 0 Å². The number of carbonyl (C=O) groups excluding carboxylic acids is 1. The third-order valence-corrected chi connectivity index (χ3v) is 2.04. The molecule has 0 spiro atoms. The van der Waals surface area contributed by atoms with Gasteiger partial charge in [-0.25, -0.2) is 0 Å². The molecule has 0 saturated heterocycles. The second-order valence-electron chi connectivity index (χ2n) is 2.47. The van der Waals surface area contributed by atoms with Crippen LogP contribution in [0.15, 0.2) is 0 Å². The minimum atomic E-state index is -1.66. The summed E-state index contributed by atoms with van der Waals surface area (Å²) in [4.78, 5) is 10.5. The summed E-state index contributed by atoms with van der Waals surface area (Å²) in [5.74, 6) is 0. The largest absolute Gasteiger partial charge is 0.391 e. The normalized spacial score (nSPS) is 21.2. The first-order chi connectivity index (χ1) is 5.37. The Hall–Kier alpha value is 0.240. The summed E-state index contributed by atoms with van der Waals surface area (Å²) in [5.41, 5.74) is 0. The Kier molecular flexibility index (Phi) is 5.18. The van der Waals surface area contributed by atoms with Crippen molar-refractivity contribution in [3.63, 3.8) is 0 Å². The number of hydrogen-bond acceptors (Lipinski definition) is 5. The third-order valence-electron chi connectivity index (χ3n) is 1.40. The lowest BCUT2D eigenvalue weighted by molar-refractivity contribution is -0.133. The van der Waals surface area contributed by atoms with E-state index in [9.17, 15) is 4.79 Å². The van der Waals surface area contributed by atoms with Crippen LogP contribution in [-0.2, 0) is 4.79 Å². The van der Waals surface area contributed by atoms with Crippen molar-refractivity contribution in [1.82, 2.24) is 0 Å². The van der Waals surface area contributed by atoms with Crippen molar-refractivity contribution in [2.45, 2.75) is 31.3 Å². The number of halogens is 1. The van der Waals surface area contributed by atoms with Crippen LogP contribution in [0.1, 0.15) is 6.92 Å². The van der Waals surface area contributed by atoms with Gasteiger partial charge >= 0.3 is 0 Å². The molecular formula is C6H11IO5. The Bertz CT molecular complexity index is 160. The lowest BCUT2D eigenvalue weighted by Crippen LogP contribution is -2.45. The van der Waals surface area contributed by atoms with Gasteiger partial charge in [-0.2, -0.15) is 0 Å². The molecule has 0 aromatic heterocycles. The molecule has 0 heterocycles. The van der Waals surface area contributed by atoms with Gasteiger partial charge in [-0.15, -0.1) is 0 Å². The summed E-state index contributed by atoms with van der Waals surface area (Å²) in [7, 11) is 0. The maximum atomic E-state index is 10.5. The lowest BCUT2D eigenvalue weighted by atomic mass is 10.1. The van der Waals surface area contributed by atoms with Gasteiger partial charge in [-0.1, -0.05) is 0 Å². The minimum Gasteiger partial charge on any atom is -0.391 e. The fraction of sp³-hybridized carbons (Fsp3) is 0.833. The first-order valence-corrected chi connectivity index (χ1v) is 4.37. The summed E-state index contributed by atoms with van der Waals surface area (Å²) in [6, 6.07) is 0. The molecule has 0 rings (SSSR count). The molecule has 0 bridgehead atoms. The molecule has 5 nitrogen and oxygen atoms in total. The predicted molar refractivity (Wildman–Crippen MR) is 48.7 cm³/mol. The van der Waals surface area contributed by atoms with E-state index in [-0.39, 0.29) is 0 Å². The van der Waals surface area contributed by atoms with Gasteiger partial charge in [0.15, 0.2) is 6.10 Å².